The second-order valence-corrected chi connectivity index (χ2v) is 4.84. The number of non-ortho nitro benzene ring substituents is 1. The Hall–Kier alpha value is -0.930. The van der Waals surface area contributed by atoms with Gasteiger partial charge in [0.1, 0.15) is 0 Å². The molecule has 0 atom stereocenters. The summed E-state index contributed by atoms with van der Waals surface area (Å²) in [7, 11) is 0. The molecule has 0 saturated carbocycles. The summed E-state index contributed by atoms with van der Waals surface area (Å²) in [4.78, 5) is 21.9. The van der Waals surface area contributed by atoms with Crippen LogP contribution >= 0.6 is 35.0 Å². The quantitative estimate of drug-likeness (QED) is 0.331. The van der Waals surface area contributed by atoms with Gasteiger partial charge in [0.2, 0.25) is 0 Å². The summed E-state index contributed by atoms with van der Waals surface area (Å²) >= 11 is 1.92. The molecule has 0 aromatic heterocycles. The number of halogens is 2. The Morgan fingerprint density at radius 1 is 1.42 bits per heavy atom. The minimum absolute atomic E-state index is 0. The number of nitrogens with one attached hydrogen (secondary N) is 1. The lowest BCUT2D eigenvalue weighted by Gasteiger charge is -2.06. The summed E-state index contributed by atoms with van der Waals surface area (Å²) in [6.45, 7) is 1.16. The Morgan fingerprint density at radius 3 is 2.63 bits per heavy atom. The van der Waals surface area contributed by atoms with E-state index >= 15 is 0 Å². The minimum atomic E-state index is -0.481. The fourth-order valence-electron chi connectivity index (χ4n) is 1.37. The van der Waals surface area contributed by atoms with Crippen LogP contribution in [0, 0.1) is 13.7 Å². The number of hydrogen-bond acceptors (Lipinski definition) is 4. The van der Waals surface area contributed by atoms with Gasteiger partial charge in [0.25, 0.3) is 11.6 Å². The predicted octanol–water partition coefficient (Wildman–Crippen LogP) is 2.09. The molecule has 1 aromatic carbocycles. The van der Waals surface area contributed by atoms with Crippen LogP contribution in [0.15, 0.2) is 18.2 Å². The molecule has 8 heteroatoms. The maximum absolute atomic E-state index is 11.8. The van der Waals surface area contributed by atoms with Gasteiger partial charge in [0.05, 0.1) is 10.5 Å². The second kappa shape index (κ2) is 9.05. The van der Waals surface area contributed by atoms with E-state index in [9.17, 15) is 14.9 Å². The molecule has 0 unspecified atom stereocenters. The fraction of sp³-hybridized carbons (Fsp3) is 0.364. The molecule has 0 fully saturated rings. The molecule has 1 aromatic rings. The largest absolute Gasteiger partial charge is 0.352 e. The average molecular weight is 400 g/mol. The van der Waals surface area contributed by atoms with Crippen LogP contribution in [-0.4, -0.2) is 23.9 Å². The Labute approximate surface area is 130 Å². The molecule has 0 radical (unpaired) electrons. The summed E-state index contributed by atoms with van der Waals surface area (Å²) in [5.41, 5.74) is 5.79. The third-order valence-electron chi connectivity index (χ3n) is 2.32. The number of nitro groups is 1. The lowest BCUT2D eigenvalue weighted by molar-refractivity contribution is -0.384. The van der Waals surface area contributed by atoms with Gasteiger partial charge >= 0.3 is 0 Å². The first-order valence-corrected chi connectivity index (χ1v) is 6.56. The Balaban J connectivity index is 0.00000324. The Morgan fingerprint density at radius 2 is 2.11 bits per heavy atom. The molecule has 1 amide bonds. The van der Waals surface area contributed by atoms with E-state index < -0.39 is 4.92 Å². The van der Waals surface area contributed by atoms with Crippen molar-refractivity contribution in [3.8, 4) is 0 Å². The maximum atomic E-state index is 11.8. The van der Waals surface area contributed by atoms with Crippen molar-refractivity contribution in [2.24, 2.45) is 5.73 Å². The van der Waals surface area contributed by atoms with E-state index in [-0.39, 0.29) is 24.0 Å². The number of amides is 1. The standard InChI is InChI=1S/C11H14IN3O3.ClH/c12-10-7-8(15(17)18)3-4-9(10)11(16)14-6-2-1-5-13;/h3-4,7H,1-2,5-6,13H2,(H,14,16);1H. The summed E-state index contributed by atoms with van der Waals surface area (Å²) in [6.07, 6.45) is 1.68. The molecule has 1 rings (SSSR count). The number of hydrogen-bond donors (Lipinski definition) is 2. The predicted molar refractivity (Wildman–Crippen MR) is 83.7 cm³/mol. The monoisotopic (exact) mass is 399 g/mol. The Kier molecular flexibility index (Phi) is 8.61. The molecule has 3 N–H and O–H groups in total. The molecule has 6 nitrogen and oxygen atoms in total. The number of benzene rings is 1. The lowest BCUT2D eigenvalue weighted by Crippen LogP contribution is -2.25. The molecular weight excluding hydrogens is 384 g/mol. The SMILES string of the molecule is Cl.NCCCCNC(=O)c1ccc([N+](=O)[O-])cc1I. The van der Waals surface area contributed by atoms with Gasteiger partial charge in [-0.1, -0.05) is 0 Å². The van der Waals surface area contributed by atoms with Gasteiger partial charge in [-0.3, -0.25) is 14.9 Å². The number of nitro benzene ring substituents is 1. The van der Waals surface area contributed by atoms with Crippen molar-refractivity contribution in [2.45, 2.75) is 12.8 Å². The van der Waals surface area contributed by atoms with E-state index in [2.05, 4.69) is 5.32 Å². The normalized spacial score (nSPS) is 9.58. The summed E-state index contributed by atoms with van der Waals surface area (Å²) < 4.78 is 0.568. The van der Waals surface area contributed by atoms with Crippen LogP contribution in [0.3, 0.4) is 0 Å². The molecule has 0 aliphatic rings. The van der Waals surface area contributed by atoms with E-state index in [1.165, 1.54) is 18.2 Å². The molecule has 0 aliphatic heterocycles. The van der Waals surface area contributed by atoms with E-state index in [0.717, 1.165) is 12.8 Å². The van der Waals surface area contributed by atoms with Gasteiger partial charge in [-0.25, -0.2) is 0 Å². The van der Waals surface area contributed by atoms with Gasteiger partial charge in [-0.05, 0) is 48.0 Å². The second-order valence-electron chi connectivity index (χ2n) is 3.67. The molecule has 0 heterocycles. The van der Waals surface area contributed by atoms with Gasteiger partial charge < -0.3 is 11.1 Å². The summed E-state index contributed by atoms with van der Waals surface area (Å²) in [5, 5.41) is 13.3. The van der Waals surface area contributed by atoms with Gasteiger partial charge in [0.15, 0.2) is 0 Å². The molecule has 0 aliphatic carbocycles. The summed E-state index contributed by atoms with van der Waals surface area (Å²) in [5.74, 6) is -0.216. The van der Waals surface area contributed by atoms with Gasteiger partial charge in [-0.2, -0.15) is 0 Å². The topological polar surface area (TPSA) is 98.3 Å². The van der Waals surface area contributed by atoms with Crippen LogP contribution in [0.25, 0.3) is 0 Å². The maximum Gasteiger partial charge on any atom is 0.270 e. The first-order valence-electron chi connectivity index (χ1n) is 5.48. The third kappa shape index (κ3) is 5.70. The first-order chi connectivity index (χ1) is 8.56. The number of carbonyl (C=O) groups is 1. The zero-order valence-electron chi connectivity index (χ0n) is 10.1. The highest BCUT2D eigenvalue weighted by Gasteiger charge is 2.13. The number of unbranched alkanes of at least 4 members (excludes halogenated alkanes) is 1. The number of nitrogens with two attached hydrogens (primary N) is 1. The average Bonchev–Trinajstić information content (AvgIpc) is 2.34. The summed E-state index contributed by atoms with van der Waals surface area (Å²) in [6, 6.07) is 4.19. The van der Waals surface area contributed by atoms with E-state index in [1.807, 2.05) is 22.6 Å². The van der Waals surface area contributed by atoms with Crippen molar-refractivity contribution in [1.82, 2.24) is 5.32 Å². The van der Waals surface area contributed by atoms with Crippen molar-refractivity contribution in [1.29, 1.82) is 0 Å². The van der Waals surface area contributed by atoms with Crippen LogP contribution in [0.2, 0.25) is 0 Å². The molecular formula is C11H15ClIN3O3. The smallest absolute Gasteiger partial charge is 0.270 e. The van der Waals surface area contributed by atoms with Crippen LogP contribution in [0.1, 0.15) is 23.2 Å². The highest BCUT2D eigenvalue weighted by molar-refractivity contribution is 14.1. The molecule has 0 bridgehead atoms. The van der Waals surface area contributed by atoms with E-state index in [4.69, 9.17) is 5.73 Å². The van der Waals surface area contributed by atoms with Crippen LogP contribution < -0.4 is 11.1 Å². The highest BCUT2D eigenvalue weighted by atomic mass is 127. The highest BCUT2D eigenvalue weighted by Crippen LogP contribution is 2.19. The minimum Gasteiger partial charge on any atom is -0.352 e. The zero-order chi connectivity index (χ0) is 13.5. The van der Waals surface area contributed by atoms with Gasteiger partial charge in [0, 0.05) is 22.2 Å². The zero-order valence-corrected chi connectivity index (χ0v) is 13.1. The van der Waals surface area contributed by atoms with Crippen molar-refractivity contribution < 1.29 is 9.72 Å². The number of nitrogens with zero attached hydrogens (tertiary/aromatic N) is 1. The lowest BCUT2D eigenvalue weighted by atomic mass is 10.2. The molecule has 19 heavy (non-hydrogen) atoms. The molecule has 0 saturated heterocycles. The van der Waals surface area contributed by atoms with Crippen molar-refractivity contribution in [3.05, 3.63) is 37.4 Å². The molecule has 106 valence electrons. The van der Waals surface area contributed by atoms with Crippen molar-refractivity contribution in [2.75, 3.05) is 13.1 Å². The first kappa shape index (κ1) is 18.1. The van der Waals surface area contributed by atoms with E-state index in [1.54, 1.807) is 0 Å². The van der Waals surface area contributed by atoms with Crippen LogP contribution in [-0.2, 0) is 0 Å². The number of carbonyl (C=O) groups excluding carboxylic acids is 1. The van der Waals surface area contributed by atoms with Crippen molar-refractivity contribution in [3.63, 3.8) is 0 Å². The fourth-order valence-corrected chi connectivity index (χ4v) is 2.11. The number of rotatable bonds is 6. The third-order valence-corrected chi connectivity index (χ3v) is 3.22. The van der Waals surface area contributed by atoms with Crippen molar-refractivity contribution >= 4 is 46.6 Å². The Bertz CT molecular complexity index is 457. The van der Waals surface area contributed by atoms with Crippen LogP contribution in [0.4, 0.5) is 5.69 Å². The van der Waals surface area contributed by atoms with Gasteiger partial charge in [-0.15, -0.1) is 12.4 Å². The van der Waals surface area contributed by atoms with Crippen LogP contribution in [0.5, 0.6) is 0 Å². The molecule has 0 spiro atoms. The van der Waals surface area contributed by atoms with E-state index in [0.29, 0.717) is 22.2 Å².